The van der Waals surface area contributed by atoms with E-state index in [9.17, 15) is 8.78 Å². The Kier molecular flexibility index (Phi) is 4.42. The van der Waals surface area contributed by atoms with Gasteiger partial charge in [0.05, 0.1) is 10.2 Å². The predicted octanol–water partition coefficient (Wildman–Crippen LogP) is 5.55. The summed E-state index contributed by atoms with van der Waals surface area (Å²) in [6.45, 7) is 1.87. The molecule has 0 saturated carbocycles. The summed E-state index contributed by atoms with van der Waals surface area (Å²) >= 11 is 8.82. The van der Waals surface area contributed by atoms with Gasteiger partial charge in [0.15, 0.2) is 0 Å². The van der Waals surface area contributed by atoms with E-state index in [0.29, 0.717) is 15.2 Å². The Morgan fingerprint density at radius 3 is 2.47 bits per heavy atom. The van der Waals surface area contributed by atoms with Crippen LogP contribution >= 0.6 is 27.5 Å². The first-order valence-electron chi connectivity index (χ1n) is 5.64. The van der Waals surface area contributed by atoms with E-state index < -0.39 is 5.82 Å². The van der Waals surface area contributed by atoms with Crippen molar-refractivity contribution in [1.82, 2.24) is 0 Å². The minimum Gasteiger partial charge on any atom is -0.376 e. The average molecular weight is 347 g/mol. The fourth-order valence-electron chi connectivity index (χ4n) is 1.70. The van der Waals surface area contributed by atoms with Crippen molar-refractivity contribution in [3.8, 4) is 0 Å². The zero-order valence-electron chi connectivity index (χ0n) is 10.1. The van der Waals surface area contributed by atoms with Crippen LogP contribution in [0, 0.1) is 11.6 Å². The van der Waals surface area contributed by atoms with Crippen LogP contribution in [-0.4, -0.2) is 0 Å². The first-order chi connectivity index (χ1) is 8.97. The molecule has 2 aromatic carbocycles. The lowest BCUT2D eigenvalue weighted by molar-refractivity contribution is 0.618. The minimum absolute atomic E-state index is 0.160. The third-order valence-electron chi connectivity index (χ3n) is 2.75. The van der Waals surface area contributed by atoms with E-state index in [1.807, 2.05) is 6.92 Å². The molecule has 0 aromatic heterocycles. The SMILES string of the molecule is CC(Nc1ccc(Cl)cc1F)c1ccc(F)c(Br)c1. The number of anilines is 1. The molecular weight excluding hydrogens is 336 g/mol. The van der Waals surface area contributed by atoms with Gasteiger partial charge in [0, 0.05) is 11.1 Å². The van der Waals surface area contributed by atoms with E-state index in [-0.39, 0.29) is 11.9 Å². The van der Waals surface area contributed by atoms with E-state index in [4.69, 9.17) is 11.6 Å². The number of halogens is 4. The Hall–Kier alpha value is -1.13. The Labute approximate surface area is 123 Å². The van der Waals surface area contributed by atoms with Crippen LogP contribution in [-0.2, 0) is 0 Å². The molecule has 0 radical (unpaired) electrons. The highest BCUT2D eigenvalue weighted by Gasteiger charge is 2.10. The normalized spacial score (nSPS) is 12.3. The highest BCUT2D eigenvalue weighted by atomic mass is 79.9. The van der Waals surface area contributed by atoms with Crippen LogP contribution in [0.4, 0.5) is 14.5 Å². The highest BCUT2D eigenvalue weighted by Crippen LogP contribution is 2.26. The standard InChI is InChI=1S/C14H11BrClF2N/c1-8(9-2-4-12(17)11(15)6-9)19-14-5-3-10(16)7-13(14)18/h2-8,19H,1H3. The lowest BCUT2D eigenvalue weighted by Gasteiger charge is -2.16. The van der Waals surface area contributed by atoms with Gasteiger partial charge in [-0.25, -0.2) is 8.78 Å². The van der Waals surface area contributed by atoms with Gasteiger partial charge in [0.1, 0.15) is 11.6 Å². The predicted molar refractivity (Wildman–Crippen MR) is 77.5 cm³/mol. The van der Waals surface area contributed by atoms with Crippen LogP contribution in [0.5, 0.6) is 0 Å². The van der Waals surface area contributed by atoms with Gasteiger partial charge in [-0.1, -0.05) is 17.7 Å². The van der Waals surface area contributed by atoms with Crippen LogP contribution in [0.1, 0.15) is 18.5 Å². The van der Waals surface area contributed by atoms with Gasteiger partial charge in [-0.15, -0.1) is 0 Å². The molecule has 0 spiro atoms. The molecule has 1 unspecified atom stereocenters. The monoisotopic (exact) mass is 345 g/mol. The molecule has 0 bridgehead atoms. The van der Waals surface area contributed by atoms with E-state index in [1.54, 1.807) is 24.3 Å². The van der Waals surface area contributed by atoms with Crippen molar-refractivity contribution in [3.63, 3.8) is 0 Å². The van der Waals surface area contributed by atoms with Crippen molar-refractivity contribution in [2.75, 3.05) is 5.32 Å². The van der Waals surface area contributed by atoms with Crippen LogP contribution < -0.4 is 5.32 Å². The summed E-state index contributed by atoms with van der Waals surface area (Å²) in [5.74, 6) is -0.742. The van der Waals surface area contributed by atoms with Gasteiger partial charge in [-0.05, 0) is 58.7 Å². The maximum absolute atomic E-state index is 13.7. The Balaban J connectivity index is 2.20. The Morgan fingerprint density at radius 2 is 1.84 bits per heavy atom. The topological polar surface area (TPSA) is 12.0 Å². The molecule has 2 aromatic rings. The van der Waals surface area contributed by atoms with Crippen molar-refractivity contribution in [3.05, 3.63) is 63.1 Å². The fourth-order valence-corrected chi connectivity index (χ4v) is 2.26. The molecule has 1 N–H and O–H groups in total. The molecule has 0 heterocycles. The van der Waals surface area contributed by atoms with Crippen LogP contribution in [0.15, 0.2) is 40.9 Å². The van der Waals surface area contributed by atoms with Gasteiger partial charge >= 0.3 is 0 Å². The summed E-state index contributed by atoms with van der Waals surface area (Å²) < 4.78 is 27.2. The van der Waals surface area contributed by atoms with E-state index >= 15 is 0 Å². The van der Waals surface area contributed by atoms with Crippen molar-refractivity contribution < 1.29 is 8.78 Å². The van der Waals surface area contributed by atoms with Gasteiger partial charge in [-0.2, -0.15) is 0 Å². The van der Waals surface area contributed by atoms with Crippen LogP contribution in [0.2, 0.25) is 5.02 Å². The summed E-state index contributed by atoms with van der Waals surface area (Å²) in [6, 6.07) is 8.97. The maximum atomic E-state index is 13.7. The molecular formula is C14H11BrClF2N. The zero-order chi connectivity index (χ0) is 14.0. The van der Waals surface area contributed by atoms with Gasteiger partial charge in [0.2, 0.25) is 0 Å². The number of rotatable bonds is 3. The first-order valence-corrected chi connectivity index (χ1v) is 6.81. The van der Waals surface area contributed by atoms with Crippen molar-refractivity contribution in [1.29, 1.82) is 0 Å². The molecule has 2 rings (SSSR count). The highest BCUT2D eigenvalue weighted by molar-refractivity contribution is 9.10. The van der Waals surface area contributed by atoms with Crippen LogP contribution in [0.25, 0.3) is 0 Å². The summed E-state index contributed by atoms with van der Waals surface area (Å²) in [5, 5.41) is 3.37. The third kappa shape index (κ3) is 3.45. The molecule has 0 aliphatic heterocycles. The lowest BCUT2D eigenvalue weighted by Crippen LogP contribution is -2.08. The summed E-state index contributed by atoms with van der Waals surface area (Å²) in [4.78, 5) is 0. The van der Waals surface area contributed by atoms with E-state index in [0.717, 1.165) is 5.56 Å². The molecule has 100 valence electrons. The van der Waals surface area contributed by atoms with E-state index in [1.165, 1.54) is 12.1 Å². The second kappa shape index (κ2) is 5.88. The zero-order valence-corrected chi connectivity index (χ0v) is 12.4. The van der Waals surface area contributed by atoms with Crippen molar-refractivity contribution in [2.24, 2.45) is 0 Å². The Morgan fingerprint density at radius 1 is 1.11 bits per heavy atom. The molecule has 0 aliphatic carbocycles. The molecule has 0 fully saturated rings. The maximum Gasteiger partial charge on any atom is 0.147 e. The minimum atomic E-state index is -0.416. The summed E-state index contributed by atoms with van der Waals surface area (Å²) in [7, 11) is 0. The summed E-state index contributed by atoms with van der Waals surface area (Å²) in [6.07, 6.45) is 0. The number of hydrogen-bond acceptors (Lipinski definition) is 1. The van der Waals surface area contributed by atoms with Crippen LogP contribution in [0.3, 0.4) is 0 Å². The van der Waals surface area contributed by atoms with Gasteiger partial charge in [-0.3, -0.25) is 0 Å². The largest absolute Gasteiger partial charge is 0.376 e. The van der Waals surface area contributed by atoms with E-state index in [2.05, 4.69) is 21.2 Å². The quantitative estimate of drug-likeness (QED) is 0.768. The second-order valence-electron chi connectivity index (χ2n) is 4.16. The first kappa shape index (κ1) is 14.3. The summed E-state index contributed by atoms with van der Waals surface area (Å²) in [5.41, 5.74) is 1.21. The molecule has 1 nitrogen and oxygen atoms in total. The van der Waals surface area contributed by atoms with Gasteiger partial charge < -0.3 is 5.32 Å². The fraction of sp³-hybridized carbons (Fsp3) is 0.143. The molecule has 5 heteroatoms. The van der Waals surface area contributed by atoms with Gasteiger partial charge in [0.25, 0.3) is 0 Å². The number of hydrogen-bond donors (Lipinski definition) is 1. The molecule has 0 amide bonds. The Bertz CT molecular complexity index is 604. The third-order valence-corrected chi connectivity index (χ3v) is 3.59. The molecule has 0 aliphatic rings. The lowest BCUT2D eigenvalue weighted by atomic mass is 10.1. The molecule has 0 saturated heterocycles. The van der Waals surface area contributed by atoms with Crippen molar-refractivity contribution in [2.45, 2.75) is 13.0 Å². The number of nitrogens with one attached hydrogen (secondary N) is 1. The smallest absolute Gasteiger partial charge is 0.147 e. The number of benzene rings is 2. The second-order valence-corrected chi connectivity index (χ2v) is 5.45. The molecule has 19 heavy (non-hydrogen) atoms. The molecule has 1 atom stereocenters. The average Bonchev–Trinajstić information content (AvgIpc) is 2.36. The van der Waals surface area contributed by atoms with Crippen molar-refractivity contribution >= 4 is 33.2 Å².